The Morgan fingerprint density at radius 1 is 1.04 bits per heavy atom. The van der Waals surface area contributed by atoms with Crippen molar-refractivity contribution in [3.05, 3.63) is 89.0 Å². The largest absolute Gasteiger partial charge is 0.348 e. The monoisotopic (exact) mass is 379 g/mol. The molecule has 5 heteroatoms. The summed E-state index contributed by atoms with van der Waals surface area (Å²) in [4.78, 5) is 2.19. The van der Waals surface area contributed by atoms with Crippen molar-refractivity contribution in [1.82, 2.24) is 9.47 Å². The van der Waals surface area contributed by atoms with Crippen molar-refractivity contribution in [2.75, 3.05) is 11.9 Å². The van der Waals surface area contributed by atoms with Crippen LogP contribution in [0.2, 0.25) is 0 Å². The van der Waals surface area contributed by atoms with Gasteiger partial charge in [-0.1, -0.05) is 24.3 Å². The highest BCUT2D eigenvalue weighted by Gasteiger charge is 2.30. The minimum Gasteiger partial charge on any atom is -0.348 e. The molecule has 0 aliphatic carbocycles. The third-order valence-corrected chi connectivity index (χ3v) is 5.67. The summed E-state index contributed by atoms with van der Waals surface area (Å²) in [6, 6.07) is 17.0. The predicted molar refractivity (Wildman–Crippen MR) is 112 cm³/mol. The molecule has 3 nitrogen and oxygen atoms in total. The minimum absolute atomic E-state index is 0.0422. The Bertz CT molecular complexity index is 977. The van der Waals surface area contributed by atoms with Gasteiger partial charge >= 0.3 is 0 Å². The second-order valence-corrected chi connectivity index (χ2v) is 7.34. The van der Waals surface area contributed by atoms with Gasteiger partial charge in [-0.15, -0.1) is 0 Å². The molecule has 27 heavy (non-hydrogen) atoms. The van der Waals surface area contributed by atoms with Crippen LogP contribution in [0, 0.1) is 19.7 Å². The van der Waals surface area contributed by atoms with Gasteiger partial charge in [-0.2, -0.15) is 0 Å². The Morgan fingerprint density at radius 2 is 1.81 bits per heavy atom. The predicted octanol–water partition coefficient (Wildman–Crippen LogP) is 5.05. The first-order chi connectivity index (χ1) is 13.0. The molecule has 2 aromatic carbocycles. The molecule has 2 heterocycles. The van der Waals surface area contributed by atoms with Gasteiger partial charge in [0.15, 0.2) is 5.11 Å². The molecule has 1 aliphatic heterocycles. The first kappa shape index (κ1) is 17.7. The highest BCUT2D eigenvalue weighted by atomic mass is 32.1. The van der Waals surface area contributed by atoms with Gasteiger partial charge in [0.1, 0.15) is 5.82 Å². The fourth-order valence-corrected chi connectivity index (χ4v) is 3.98. The number of nitrogens with zero attached hydrogens (tertiary/aromatic N) is 2. The van der Waals surface area contributed by atoms with Crippen LogP contribution in [0.1, 0.15) is 28.4 Å². The van der Waals surface area contributed by atoms with Crippen LogP contribution in [0.4, 0.5) is 10.1 Å². The normalized spacial score (nSPS) is 16.1. The number of nitrogens with one attached hydrogen (secondary N) is 1. The molecule has 1 aliphatic rings. The van der Waals surface area contributed by atoms with Crippen LogP contribution < -0.4 is 5.32 Å². The van der Waals surface area contributed by atoms with E-state index in [2.05, 4.69) is 53.0 Å². The second-order valence-electron chi connectivity index (χ2n) is 6.95. The van der Waals surface area contributed by atoms with E-state index in [1.165, 1.54) is 23.3 Å². The SMILES string of the molecule is Cc1cccc(NC(=S)N2CCn3cccc3C2c2ccc(F)cc2)c1C. The maximum Gasteiger partial charge on any atom is 0.174 e. The van der Waals surface area contributed by atoms with Crippen molar-refractivity contribution in [2.45, 2.75) is 26.4 Å². The van der Waals surface area contributed by atoms with Crippen molar-refractivity contribution < 1.29 is 4.39 Å². The standard InChI is InChI=1S/C22H22FN3S/c1-15-5-3-6-19(16(15)2)24-22(27)26-14-13-25-12-4-7-20(25)21(26)17-8-10-18(23)11-9-17/h3-12,21H,13-14H2,1-2H3,(H,24,27). The fraction of sp³-hybridized carbons (Fsp3) is 0.227. The highest BCUT2D eigenvalue weighted by Crippen LogP contribution is 2.33. The molecule has 1 atom stereocenters. The van der Waals surface area contributed by atoms with Crippen LogP contribution >= 0.6 is 12.2 Å². The lowest BCUT2D eigenvalue weighted by Gasteiger charge is -2.39. The van der Waals surface area contributed by atoms with E-state index in [1.54, 1.807) is 0 Å². The van der Waals surface area contributed by atoms with Crippen molar-refractivity contribution >= 4 is 23.0 Å². The molecule has 1 unspecified atom stereocenters. The Kier molecular flexibility index (Phi) is 4.70. The molecule has 0 bridgehead atoms. The lowest BCUT2D eigenvalue weighted by molar-refractivity contribution is 0.293. The number of rotatable bonds is 2. The van der Waals surface area contributed by atoms with Gasteiger partial charge in [0.05, 0.1) is 6.04 Å². The average molecular weight is 380 g/mol. The van der Waals surface area contributed by atoms with Crippen LogP contribution in [0.15, 0.2) is 60.8 Å². The van der Waals surface area contributed by atoms with Gasteiger partial charge in [0.2, 0.25) is 0 Å². The number of aryl methyl sites for hydroxylation is 1. The Morgan fingerprint density at radius 3 is 2.59 bits per heavy atom. The van der Waals surface area contributed by atoms with Crippen LogP contribution in [-0.4, -0.2) is 21.1 Å². The maximum absolute atomic E-state index is 13.5. The van der Waals surface area contributed by atoms with E-state index in [9.17, 15) is 4.39 Å². The summed E-state index contributed by atoms with van der Waals surface area (Å²) in [6.45, 7) is 5.85. The summed E-state index contributed by atoms with van der Waals surface area (Å²) in [5, 5.41) is 4.11. The molecule has 1 aromatic heterocycles. The van der Waals surface area contributed by atoms with E-state index in [-0.39, 0.29) is 11.9 Å². The zero-order valence-corrected chi connectivity index (χ0v) is 16.3. The molecule has 0 spiro atoms. The first-order valence-electron chi connectivity index (χ1n) is 9.09. The highest BCUT2D eigenvalue weighted by molar-refractivity contribution is 7.80. The third-order valence-electron chi connectivity index (χ3n) is 5.33. The molecule has 0 fully saturated rings. The fourth-order valence-electron chi connectivity index (χ4n) is 3.67. The minimum atomic E-state index is -0.229. The van der Waals surface area contributed by atoms with E-state index in [4.69, 9.17) is 12.2 Å². The molecule has 0 radical (unpaired) electrons. The average Bonchev–Trinajstić information content (AvgIpc) is 3.14. The van der Waals surface area contributed by atoms with E-state index in [0.717, 1.165) is 30.0 Å². The zero-order valence-electron chi connectivity index (χ0n) is 15.4. The van der Waals surface area contributed by atoms with Gasteiger partial charge in [-0.3, -0.25) is 0 Å². The van der Waals surface area contributed by atoms with Crippen LogP contribution in [0.25, 0.3) is 0 Å². The van der Waals surface area contributed by atoms with Crippen molar-refractivity contribution in [3.8, 4) is 0 Å². The number of anilines is 1. The topological polar surface area (TPSA) is 20.2 Å². The van der Waals surface area contributed by atoms with E-state index in [1.807, 2.05) is 24.3 Å². The summed E-state index contributed by atoms with van der Waals surface area (Å²) in [6.07, 6.45) is 2.09. The van der Waals surface area contributed by atoms with Gasteiger partial charge < -0.3 is 14.8 Å². The number of halogens is 1. The quantitative estimate of drug-likeness (QED) is 0.630. The Labute approximate surface area is 164 Å². The number of fused-ring (bicyclic) bond motifs is 1. The van der Waals surface area contributed by atoms with Crippen LogP contribution in [0.3, 0.4) is 0 Å². The molecule has 0 amide bonds. The summed E-state index contributed by atoms with van der Waals surface area (Å²) < 4.78 is 15.7. The number of benzene rings is 2. The van der Waals surface area contributed by atoms with Crippen molar-refractivity contribution in [1.29, 1.82) is 0 Å². The smallest absolute Gasteiger partial charge is 0.174 e. The number of thiocarbonyl (C=S) groups is 1. The summed E-state index contributed by atoms with van der Waals surface area (Å²) in [5.74, 6) is -0.229. The Balaban J connectivity index is 1.68. The van der Waals surface area contributed by atoms with E-state index >= 15 is 0 Å². The zero-order chi connectivity index (χ0) is 19.0. The summed E-state index contributed by atoms with van der Waals surface area (Å²) in [5.41, 5.74) is 5.64. The molecule has 1 N–H and O–H groups in total. The van der Waals surface area contributed by atoms with E-state index < -0.39 is 0 Å². The molecular formula is C22H22FN3S. The lowest BCUT2D eigenvalue weighted by atomic mass is 10.0. The van der Waals surface area contributed by atoms with Gasteiger partial charge in [-0.25, -0.2) is 4.39 Å². The molecule has 138 valence electrons. The van der Waals surface area contributed by atoms with Gasteiger partial charge in [0, 0.05) is 30.7 Å². The van der Waals surface area contributed by atoms with Gasteiger partial charge in [-0.05, 0) is 73.1 Å². The Hall–Kier alpha value is -2.66. The third kappa shape index (κ3) is 3.35. The number of aromatic nitrogens is 1. The number of hydrogen-bond acceptors (Lipinski definition) is 1. The molecule has 0 saturated carbocycles. The summed E-state index contributed by atoms with van der Waals surface area (Å²) in [7, 11) is 0. The first-order valence-corrected chi connectivity index (χ1v) is 9.50. The second kappa shape index (κ2) is 7.16. The van der Waals surface area contributed by atoms with Gasteiger partial charge in [0.25, 0.3) is 0 Å². The van der Waals surface area contributed by atoms with Crippen molar-refractivity contribution in [3.63, 3.8) is 0 Å². The van der Waals surface area contributed by atoms with Crippen LogP contribution in [-0.2, 0) is 6.54 Å². The summed E-state index contributed by atoms with van der Waals surface area (Å²) >= 11 is 5.80. The van der Waals surface area contributed by atoms with Crippen molar-refractivity contribution in [2.24, 2.45) is 0 Å². The van der Waals surface area contributed by atoms with Crippen LogP contribution in [0.5, 0.6) is 0 Å². The maximum atomic E-state index is 13.5. The van der Waals surface area contributed by atoms with E-state index in [0.29, 0.717) is 5.11 Å². The lowest BCUT2D eigenvalue weighted by Crippen LogP contribution is -2.44. The number of hydrogen-bond donors (Lipinski definition) is 1. The molecular weight excluding hydrogens is 357 g/mol. The molecule has 4 rings (SSSR count). The molecule has 0 saturated heterocycles. The molecule has 3 aromatic rings.